The van der Waals surface area contributed by atoms with Gasteiger partial charge in [0.05, 0.1) is 33.9 Å². The fourth-order valence-corrected chi connectivity index (χ4v) is 5.25. The molecule has 2 aliphatic heterocycles. The van der Waals surface area contributed by atoms with Gasteiger partial charge in [-0.25, -0.2) is 53.9 Å². The van der Waals surface area contributed by atoms with Crippen LogP contribution in [0.2, 0.25) is 0 Å². The minimum Gasteiger partial charge on any atom is -0.355 e. The predicted molar refractivity (Wildman–Crippen MR) is 149 cm³/mol. The maximum atomic E-state index is 15.1. The summed E-state index contributed by atoms with van der Waals surface area (Å²) in [5, 5.41) is 0. The van der Waals surface area contributed by atoms with Gasteiger partial charge in [-0.3, -0.25) is 0 Å². The molecule has 0 spiro atoms. The molecule has 238 valence electrons. The van der Waals surface area contributed by atoms with E-state index in [-0.39, 0.29) is 61.3 Å². The van der Waals surface area contributed by atoms with Crippen LogP contribution in [0.4, 0.5) is 43.9 Å². The molecule has 0 radical (unpaired) electrons. The van der Waals surface area contributed by atoms with Crippen LogP contribution in [-0.2, 0) is 16.5 Å². The fourth-order valence-electron chi connectivity index (χ4n) is 5.25. The topological polar surface area (TPSA) is 57.4 Å². The summed E-state index contributed by atoms with van der Waals surface area (Å²) in [5.74, 6) is -21.6. The number of rotatable bonds is 2. The second-order valence-corrected chi connectivity index (χ2v) is 10.1. The molecule has 0 saturated heterocycles. The van der Waals surface area contributed by atoms with E-state index in [0.29, 0.717) is 0 Å². The largest absolute Gasteiger partial charge is 2.00 e. The van der Waals surface area contributed by atoms with Gasteiger partial charge in [0.1, 0.15) is 0 Å². The molecule has 2 aromatic carbocycles. The average molecular weight is 701 g/mol. The van der Waals surface area contributed by atoms with Crippen molar-refractivity contribution in [2.24, 2.45) is 0 Å². The number of nitrogens with one attached hydrogen (secondary N) is 2. The summed E-state index contributed by atoms with van der Waals surface area (Å²) in [4.78, 5) is 14.2. The minimum absolute atomic E-state index is 0. The van der Waals surface area contributed by atoms with Gasteiger partial charge in [0.15, 0.2) is 46.5 Å². The first-order valence-corrected chi connectivity index (χ1v) is 13.1. The number of hydrogen-bond acceptors (Lipinski definition) is 2. The quantitative estimate of drug-likeness (QED) is 0.0818. The monoisotopic (exact) mass is 700 g/mol. The van der Waals surface area contributed by atoms with Crippen LogP contribution in [0.5, 0.6) is 0 Å². The maximum absolute atomic E-state index is 15.1. The van der Waals surface area contributed by atoms with Crippen LogP contribution in [0.25, 0.3) is 68.6 Å². The zero-order valence-corrected chi connectivity index (χ0v) is 23.8. The first-order valence-electron chi connectivity index (χ1n) is 13.1. The van der Waals surface area contributed by atoms with E-state index < -0.39 is 80.4 Å². The van der Waals surface area contributed by atoms with Gasteiger partial charge in [-0.2, -0.15) is 0 Å². The van der Waals surface area contributed by atoms with Gasteiger partial charge in [0, 0.05) is 33.2 Å². The van der Waals surface area contributed by atoms with E-state index in [1.165, 1.54) is 60.7 Å². The van der Waals surface area contributed by atoms with E-state index in [2.05, 4.69) is 19.9 Å². The smallest absolute Gasteiger partial charge is 0.355 e. The van der Waals surface area contributed by atoms with Crippen molar-refractivity contribution < 1.29 is 60.4 Å². The van der Waals surface area contributed by atoms with Crippen molar-refractivity contribution in [3.8, 4) is 22.3 Å². The summed E-state index contributed by atoms with van der Waals surface area (Å²) in [6.45, 7) is 0. The number of fused-ring (bicyclic) bond motifs is 8. The molecule has 5 heterocycles. The summed E-state index contributed by atoms with van der Waals surface area (Å²) < 4.78 is 145. The Morgan fingerprint density at radius 1 is 0.383 bits per heavy atom. The van der Waals surface area contributed by atoms with E-state index >= 15 is 17.6 Å². The van der Waals surface area contributed by atoms with Crippen molar-refractivity contribution in [1.82, 2.24) is 19.9 Å². The Morgan fingerprint density at radius 3 is 1.04 bits per heavy atom. The molecular formula is C32H12F10N4Ni+2. The van der Waals surface area contributed by atoms with E-state index in [9.17, 15) is 26.3 Å². The van der Waals surface area contributed by atoms with Crippen molar-refractivity contribution in [3.05, 3.63) is 117 Å². The molecule has 2 N–H and O–H groups in total. The molecule has 15 heteroatoms. The Bertz CT molecular complexity index is 2170. The van der Waals surface area contributed by atoms with E-state index in [4.69, 9.17) is 0 Å². The predicted octanol–water partition coefficient (Wildman–Crippen LogP) is 9.38. The molecule has 0 saturated carbocycles. The Morgan fingerprint density at radius 2 is 0.702 bits per heavy atom. The molecule has 4 nitrogen and oxygen atoms in total. The zero-order valence-electron chi connectivity index (χ0n) is 22.8. The molecule has 0 atom stereocenters. The molecule has 47 heavy (non-hydrogen) atoms. The molecular weight excluding hydrogens is 689 g/mol. The van der Waals surface area contributed by atoms with Crippen molar-refractivity contribution in [2.75, 3.05) is 0 Å². The number of H-pyrrole nitrogens is 2. The molecule has 0 amide bonds. The standard InChI is InChI=1S/C32H12F10N4.Ni/c33-23-21(24(34)28(38)31(41)27(23)37)19-15-5-1-11(43-15)9-12-2-6-17(44-12)20(22-25(35)29(39)32(42)30(40)26(22)36)18-8-4-14(46-18)10-13-3-7-16(19)45-13;/h1-10,43,46H;/q;+2. The van der Waals surface area contributed by atoms with Crippen LogP contribution < -0.4 is 0 Å². The van der Waals surface area contributed by atoms with Gasteiger partial charge in [-0.1, -0.05) is 0 Å². The summed E-state index contributed by atoms with van der Waals surface area (Å²) in [5.41, 5.74) is -3.38. The second kappa shape index (κ2) is 11.6. The second-order valence-electron chi connectivity index (χ2n) is 10.1. The van der Waals surface area contributed by atoms with Crippen LogP contribution in [0.15, 0.2) is 36.4 Å². The number of aromatic nitrogens is 4. The summed E-state index contributed by atoms with van der Waals surface area (Å²) in [7, 11) is 0. The molecule has 3 aromatic heterocycles. The first-order chi connectivity index (χ1) is 21.9. The normalized spacial score (nSPS) is 12.1. The third-order valence-electron chi connectivity index (χ3n) is 7.32. The molecule has 8 bridgehead atoms. The van der Waals surface area contributed by atoms with Gasteiger partial charge in [-0.05, 0) is 60.7 Å². The van der Waals surface area contributed by atoms with Gasteiger partial charge < -0.3 is 9.97 Å². The molecule has 0 aliphatic carbocycles. The van der Waals surface area contributed by atoms with Crippen LogP contribution in [0, 0.1) is 58.2 Å². The van der Waals surface area contributed by atoms with Crippen LogP contribution in [-0.4, -0.2) is 19.9 Å². The van der Waals surface area contributed by atoms with Crippen LogP contribution >= 0.6 is 0 Å². The van der Waals surface area contributed by atoms with Gasteiger partial charge in [-0.15, -0.1) is 0 Å². The van der Waals surface area contributed by atoms with E-state index in [1.807, 2.05) is 0 Å². The van der Waals surface area contributed by atoms with Gasteiger partial charge >= 0.3 is 16.5 Å². The number of hydrogen-bond donors (Lipinski definition) is 2. The third kappa shape index (κ3) is 5.01. The Labute approximate surface area is 266 Å². The summed E-state index contributed by atoms with van der Waals surface area (Å²) >= 11 is 0. The number of halogens is 10. The Hall–Kier alpha value is -5.17. The van der Waals surface area contributed by atoms with Crippen molar-refractivity contribution in [3.63, 3.8) is 0 Å². The Balaban J connectivity index is 0.00000386. The SMILES string of the molecule is Fc1c(F)c(F)c(-c2c3nc(cc4ccc([nH]4)c(-c4c(F)c(F)c(F)c(F)c4F)c4nc(cc5ccc2[nH]5)C=C4)C=C3)c(F)c1F.[Ni+2]. The number of nitrogens with zero attached hydrogens (tertiary/aromatic N) is 2. The molecule has 5 aromatic rings. The Kier molecular flexibility index (Phi) is 7.83. The molecule has 0 fully saturated rings. The average Bonchev–Trinajstić information content (AvgIpc) is 3.87. The van der Waals surface area contributed by atoms with Crippen LogP contribution in [0.3, 0.4) is 0 Å². The van der Waals surface area contributed by atoms with E-state index in [0.717, 1.165) is 0 Å². The summed E-state index contributed by atoms with van der Waals surface area (Å²) in [6, 6.07) is 8.06. The van der Waals surface area contributed by atoms with Gasteiger partial charge in [0.2, 0.25) is 11.6 Å². The zero-order chi connectivity index (χ0) is 32.6. The fraction of sp³-hybridized carbons (Fsp3) is 0. The molecule has 2 aliphatic rings. The maximum Gasteiger partial charge on any atom is 2.00 e. The molecule has 0 unspecified atom stereocenters. The van der Waals surface area contributed by atoms with Crippen molar-refractivity contribution in [2.45, 2.75) is 0 Å². The third-order valence-corrected chi connectivity index (χ3v) is 7.32. The number of benzene rings is 2. The number of aromatic amines is 2. The first kappa shape index (κ1) is 31.8. The van der Waals surface area contributed by atoms with E-state index in [1.54, 1.807) is 0 Å². The molecule has 7 rings (SSSR count). The van der Waals surface area contributed by atoms with Crippen molar-refractivity contribution >= 4 is 46.4 Å². The van der Waals surface area contributed by atoms with Gasteiger partial charge in [0.25, 0.3) is 0 Å². The van der Waals surface area contributed by atoms with Crippen LogP contribution in [0.1, 0.15) is 22.8 Å². The minimum atomic E-state index is -2.33. The summed E-state index contributed by atoms with van der Waals surface area (Å²) in [6.07, 6.45) is 5.25. The van der Waals surface area contributed by atoms with Crippen molar-refractivity contribution in [1.29, 1.82) is 0 Å².